The number of carbonyl (C=O) groups excluding carboxylic acids is 3. The van der Waals surface area contributed by atoms with E-state index in [9.17, 15) is 14.4 Å². The summed E-state index contributed by atoms with van der Waals surface area (Å²) < 4.78 is 11.4. The smallest absolute Gasteiger partial charge is 0.306 e. The van der Waals surface area contributed by atoms with Crippen molar-refractivity contribution in [3.05, 3.63) is 11.1 Å². The molecule has 0 aromatic carbocycles. The maximum atomic E-state index is 13.0. The van der Waals surface area contributed by atoms with Gasteiger partial charge in [0.05, 0.1) is 18.6 Å². The van der Waals surface area contributed by atoms with E-state index in [1.165, 1.54) is 11.3 Å². The van der Waals surface area contributed by atoms with Gasteiger partial charge in [0.1, 0.15) is 10.6 Å². The Morgan fingerprint density at radius 1 is 1.13 bits per heavy atom. The Hall–Kier alpha value is -2.09. The average Bonchev–Trinajstić information content (AvgIpc) is 3.55. The van der Waals surface area contributed by atoms with Gasteiger partial charge >= 0.3 is 5.97 Å². The monoisotopic (exact) mass is 434 g/mol. The molecule has 1 aromatic heterocycles. The molecule has 1 aromatic rings. The van der Waals surface area contributed by atoms with E-state index in [4.69, 9.17) is 9.47 Å². The first-order chi connectivity index (χ1) is 14.2. The van der Waals surface area contributed by atoms with Gasteiger partial charge in [0.2, 0.25) is 5.91 Å². The van der Waals surface area contributed by atoms with Crippen LogP contribution in [-0.4, -0.2) is 36.5 Å². The second-order valence-corrected chi connectivity index (χ2v) is 10.6. The van der Waals surface area contributed by atoms with Crippen molar-refractivity contribution in [3.63, 3.8) is 0 Å². The Balaban J connectivity index is 1.51. The van der Waals surface area contributed by atoms with Crippen molar-refractivity contribution in [1.29, 1.82) is 0 Å². The van der Waals surface area contributed by atoms with Crippen LogP contribution in [0.3, 0.4) is 0 Å². The van der Waals surface area contributed by atoms with Crippen LogP contribution in [0.2, 0.25) is 0 Å². The van der Waals surface area contributed by atoms with Gasteiger partial charge in [0, 0.05) is 23.9 Å². The Bertz CT molecular complexity index is 848. The minimum atomic E-state index is -0.533. The molecule has 8 heteroatoms. The summed E-state index contributed by atoms with van der Waals surface area (Å²) in [7, 11) is 0. The molecule has 2 N–H and O–H groups in total. The Kier molecular flexibility index (Phi) is 5.79. The molecule has 2 fully saturated rings. The van der Waals surface area contributed by atoms with E-state index < -0.39 is 5.60 Å². The molecule has 0 radical (unpaired) electrons. The number of nitrogens with one attached hydrogen (secondary N) is 2. The lowest BCUT2D eigenvalue weighted by Gasteiger charge is -2.25. The van der Waals surface area contributed by atoms with Crippen molar-refractivity contribution in [2.24, 2.45) is 17.8 Å². The number of hydrogen-bond acceptors (Lipinski definition) is 6. The molecule has 1 aliphatic heterocycles. The molecule has 3 aliphatic rings. The summed E-state index contributed by atoms with van der Waals surface area (Å²) in [6.07, 6.45) is 4.88. The van der Waals surface area contributed by atoms with Crippen LogP contribution in [0.4, 0.5) is 5.00 Å². The lowest BCUT2D eigenvalue weighted by atomic mass is 9.93. The molecule has 4 rings (SSSR count). The van der Waals surface area contributed by atoms with E-state index in [2.05, 4.69) is 10.6 Å². The first-order valence-corrected chi connectivity index (χ1v) is 11.6. The predicted octanol–water partition coefficient (Wildman–Crippen LogP) is 3.52. The average molecular weight is 435 g/mol. The maximum Gasteiger partial charge on any atom is 0.306 e. The van der Waals surface area contributed by atoms with Crippen molar-refractivity contribution in [2.75, 3.05) is 18.5 Å². The van der Waals surface area contributed by atoms with Crippen LogP contribution in [0, 0.1) is 17.8 Å². The van der Waals surface area contributed by atoms with Gasteiger partial charge < -0.3 is 20.1 Å². The molecule has 2 saturated carbocycles. The number of anilines is 1. The zero-order valence-corrected chi connectivity index (χ0v) is 18.7. The molecular weight excluding hydrogens is 404 g/mol. The van der Waals surface area contributed by atoms with Crippen LogP contribution in [0.5, 0.6) is 5.06 Å². The van der Waals surface area contributed by atoms with E-state index in [1.54, 1.807) is 0 Å². The Labute approximate surface area is 180 Å². The predicted molar refractivity (Wildman–Crippen MR) is 114 cm³/mol. The largest absolute Gasteiger partial charge is 0.483 e. The molecule has 1 unspecified atom stereocenters. The van der Waals surface area contributed by atoms with Gasteiger partial charge in [-0.25, -0.2) is 0 Å². The highest BCUT2D eigenvalue weighted by Gasteiger charge is 2.35. The molecule has 0 bridgehead atoms. The number of rotatable bonds is 7. The fourth-order valence-corrected chi connectivity index (χ4v) is 4.66. The molecule has 0 spiro atoms. The first kappa shape index (κ1) is 21.2. The molecule has 2 aliphatic carbocycles. The third kappa shape index (κ3) is 5.33. The quantitative estimate of drug-likeness (QED) is 0.641. The first-order valence-electron chi connectivity index (χ1n) is 10.8. The van der Waals surface area contributed by atoms with Gasteiger partial charge in [-0.1, -0.05) is 11.3 Å². The number of esters is 1. The fourth-order valence-electron chi connectivity index (χ4n) is 3.57. The van der Waals surface area contributed by atoms with Crippen molar-refractivity contribution in [1.82, 2.24) is 5.32 Å². The summed E-state index contributed by atoms with van der Waals surface area (Å²) in [6.45, 7) is 6.58. The molecule has 0 saturated heterocycles. The lowest BCUT2D eigenvalue weighted by Crippen LogP contribution is -2.31. The normalized spacial score (nSPS) is 20.7. The zero-order chi connectivity index (χ0) is 21.5. The number of fused-ring (bicyclic) bond motifs is 1. The third-order valence-corrected chi connectivity index (χ3v) is 6.51. The van der Waals surface area contributed by atoms with Crippen LogP contribution >= 0.6 is 11.3 Å². The number of ether oxygens (including phenoxy) is 2. The standard InChI is InChI=1S/C22H30N2O5S/c1-22(2,3)29-16(25)9-13-8-15-17(19(27)23-10-12-4-5-12)20(30-21(15)28-11-13)24-18(26)14-6-7-14/h12-14H,4-11H2,1-3H3,(H,23,27)(H,24,26). The molecular formula is C22H30N2O5S. The van der Waals surface area contributed by atoms with E-state index in [-0.39, 0.29) is 36.0 Å². The second kappa shape index (κ2) is 8.21. The van der Waals surface area contributed by atoms with Gasteiger partial charge in [0.15, 0.2) is 5.06 Å². The van der Waals surface area contributed by atoms with E-state index >= 15 is 0 Å². The maximum absolute atomic E-state index is 13.0. The van der Waals surface area contributed by atoms with Crippen LogP contribution in [0.15, 0.2) is 0 Å². The summed E-state index contributed by atoms with van der Waals surface area (Å²) in [5.74, 6) is 0.0688. The van der Waals surface area contributed by atoms with Gasteiger partial charge in [-0.2, -0.15) is 0 Å². The van der Waals surface area contributed by atoms with Crippen LogP contribution < -0.4 is 15.4 Å². The van der Waals surface area contributed by atoms with Crippen molar-refractivity contribution >= 4 is 34.1 Å². The van der Waals surface area contributed by atoms with Gasteiger partial charge in [-0.05, 0) is 58.8 Å². The second-order valence-electron chi connectivity index (χ2n) is 9.66. The summed E-state index contributed by atoms with van der Waals surface area (Å²) in [5, 5.41) is 7.18. The molecule has 2 amide bonds. The van der Waals surface area contributed by atoms with Crippen molar-refractivity contribution < 1.29 is 23.9 Å². The molecule has 1 atom stereocenters. The van der Waals surface area contributed by atoms with Gasteiger partial charge in [-0.15, -0.1) is 0 Å². The van der Waals surface area contributed by atoms with Crippen LogP contribution in [-0.2, 0) is 20.7 Å². The summed E-state index contributed by atoms with van der Waals surface area (Å²) >= 11 is 1.31. The van der Waals surface area contributed by atoms with E-state index in [1.807, 2.05) is 20.8 Å². The van der Waals surface area contributed by atoms with Crippen LogP contribution in [0.1, 0.15) is 68.8 Å². The highest BCUT2D eigenvalue weighted by atomic mass is 32.1. The zero-order valence-electron chi connectivity index (χ0n) is 17.8. The van der Waals surface area contributed by atoms with Crippen LogP contribution in [0.25, 0.3) is 0 Å². The number of carbonyl (C=O) groups is 3. The highest BCUT2D eigenvalue weighted by molar-refractivity contribution is 7.18. The van der Waals surface area contributed by atoms with E-state index in [0.29, 0.717) is 41.1 Å². The van der Waals surface area contributed by atoms with E-state index in [0.717, 1.165) is 31.2 Å². The van der Waals surface area contributed by atoms with Crippen molar-refractivity contribution in [3.8, 4) is 5.06 Å². The minimum Gasteiger partial charge on any atom is -0.483 e. The minimum absolute atomic E-state index is 0.0323. The topological polar surface area (TPSA) is 93.7 Å². The Morgan fingerprint density at radius 3 is 2.50 bits per heavy atom. The lowest BCUT2D eigenvalue weighted by molar-refractivity contribution is -0.156. The molecule has 2 heterocycles. The van der Waals surface area contributed by atoms with Gasteiger partial charge in [-0.3, -0.25) is 14.4 Å². The summed E-state index contributed by atoms with van der Waals surface area (Å²) in [5.41, 5.74) is 0.756. The summed E-state index contributed by atoms with van der Waals surface area (Å²) in [4.78, 5) is 37.6. The molecule has 7 nitrogen and oxygen atoms in total. The van der Waals surface area contributed by atoms with Gasteiger partial charge in [0.25, 0.3) is 5.91 Å². The Morgan fingerprint density at radius 2 is 1.87 bits per heavy atom. The number of thiophene rings is 1. The number of amides is 2. The number of hydrogen-bond donors (Lipinski definition) is 2. The third-order valence-electron chi connectivity index (χ3n) is 5.45. The SMILES string of the molecule is CC(C)(C)OC(=O)CC1COc2sc(NC(=O)C3CC3)c(C(=O)NCC3CC3)c2C1. The summed E-state index contributed by atoms with van der Waals surface area (Å²) in [6, 6.07) is 0. The molecule has 164 valence electrons. The van der Waals surface area contributed by atoms with Crippen molar-refractivity contribution in [2.45, 2.75) is 64.9 Å². The highest BCUT2D eigenvalue weighted by Crippen LogP contribution is 2.45. The molecule has 30 heavy (non-hydrogen) atoms. The fraction of sp³-hybridized carbons (Fsp3) is 0.682.